The van der Waals surface area contributed by atoms with Crippen LogP contribution in [0.2, 0.25) is 0 Å². The van der Waals surface area contributed by atoms with Gasteiger partial charge in [-0.15, -0.1) is 0 Å². The lowest BCUT2D eigenvalue weighted by Gasteiger charge is -2.32. The summed E-state index contributed by atoms with van der Waals surface area (Å²) in [6.45, 7) is 2.33. The molecule has 4 rings (SSSR count). The standard InChI is InChI=1S/C18H20N4O/c1-11-2-4-13(5-3-11)15-16-17(19)20-6-7-22(16)18(21-15)14-8-12(9-14)10-23/h2-7,12,14,23H,8-10H2,1H3,(H2,19,20). The van der Waals surface area contributed by atoms with Crippen LogP contribution in [0.3, 0.4) is 0 Å². The molecule has 1 aliphatic carbocycles. The van der Waals surface area contributed by atoms with Crippen molar-refractivity contribution >= 4 is 11.3 Å². The van der Waals surface area contributed by atoms with Crippen molar-refractivity contribution in [3.05, 3.63) is 48.0 Å². The Morgan fingerprint density at radius 1 is 1.26 bits per heavy atom. The molecular weight excluding hydrogens is 288 g/mol. The molecule has 0 bridgehead atoms. The van der Waals surface area contributed by atoms with E-state index >= 15 is 0 Å². The zero-order valence-electron chi connectivity index (χ0n) is 13.1. The predicted octanol–water partition coefficient (Wildman–Crippen LogP) is 2.77. The smallest absolute Gasteiger partial charge is 0.150 e. The predicted molar refractivity (Wildman–Crippen MR) is 90.1 cm³/mol. The quantitative estimate of drug-likeness (QED) is 0.780. The molecule has 1 saturated carbocycles. The summed E-state index contributed by atoms with van der Waals surface area (Å²) in [5, 5.41) is 9.26. The zero-order valence-corrected chi connectivity index (χ0v) is 13.1. The minimum atomic E-state index is 0.258. The summed E-state index contributed by atoms with van der Waals surface area (Å²) in [7, 11) is 0. The average Bonchev–Trinajstić information content (AvgIpc) is 2.88. The summed E-state index contributed by atoms with van der Waals surface area (Å²) in [4.78, 5) is 9.14. The van der Waals surface area contributed by atoms with Crippen LogP contribution >= 0.6 is 0 Å². The van der Waals surface area contributed by atoms with E-state index in [1.54, 1.807) is 6.20 Å². The van der Waals surface area contributed by atoms with Crippen LogP contribution in [0.5, 0.6) is 0 Å². The van der Waals surface area contributed by atoms with Crippen LogP contribution in [0, 0.1) is 12.8 Å². The number of benzene rings is 1. The topological polar surface area (TPSA) is 76.4 Å². The first kappa shape index (κ1) is 14.2. The molecule has 0 spiro atoms. The van der Waals surface area contributed by atoms with Crippen molar-refractivity contribution in [2.45, 2.75) is 25.7 Å². The zero-order chi connectivity index (χ0) is 16.0. The Balaban J connectivity index is 1.86. The highest BCUT2D eigenvalue weighted by Gasteiger charge is 2.33. The number of nitrogens with zero attached hydrogens (tertiary/aromatic N) is 3. The number of nitrogen functional groups attached to an aromatic ring is 1. The molecule has 3 N–H and O–H groups in total. The van der Waals surface area contributed by atoms with Crippen molar-refractivity contribution < 1.29 is 5.11 Å². The normalized spacial score (nSPS) is 20.6. The third-order valence-corrected chi connectivity index (χ3v) is 4.79. The van der Waals surface area contributed by atoms with Crippen LogP contribution in [0.15, 0.2) is 36.7 Å². The van der Waals surface area contributed by atoms with Gasteiger partial charge in [0, 0.05) is 30.5 Å². The Morgan fingerprint density at radius 3 is 2.70 bits per heavy atom. The second kappa shape index (κ2) is 5.35. The SMILES string of the molecule is Cc1ccc(-c2nc(C3CC(CO)C3)n3ccnc(N)c23)cc1. The van der Waals surface area contributed by atoms with Gasteiger partial charge in [-0.2, -0.15) is 0 Å². The van der Waals surface area contributed by atoms with Gasteiger partial charge in [0.15, 0.2) is 0 Å². The van der Waals surface area contributed by atoms with E-state index in [-0.39, 0.29) is 6.61 Å². The minimum Gasteiger partial charge on any atom is -0.396 e. The van der Waals surface area contributed by atoms with Crippen LogP contribution < -0.4 is 5.73 Å². The van der Waals surface area contributed by atoms with Crippen LogP contribution in [0.25, 0.3) is 16.8 Å². The summed E-state index contributed by atoms with van der Waals surface area (Å²) < 4.78 is 2.07. The molecule has 0 atom stereocenters. The summed E-state index contributed by atoms with van der Waals surface area (Å²) >= 11 is 0. The highest BCUT2D eigenvalue weighted by atomic mass is 16.3. The van der Waals surface area contributed by atoms with E-state index in [9.17, 15) is 5.11 Å². The molecule has 1 aliphatic rings. The number of aryl methyl sites for hydroxylation is 1. The van der Waals surface area contributed by atoms with E-state index < -0.39 is 0 Å². The number of nitrogens with two attached hydrogens (primary N) is 1. The van der Waals surface area contributed by atoms with Gasteiger partial charge in [0.05, 0.1) is 0 Å². The van der Waals surface area contributed by atoms with E-state index in [1.807, 2.05) is 6.20 Å². The van der Waals surface area contributed by atoms with Crippen LogP contribution in [0.1, 0.15) is 30.1 Å². The lowest BCUT2D eigenvalue weighted by atomic mass is 9.75. The molecule has 118 valence electrons. The fourth-order valence-corrected chi connectivity index (χ4v) is 3.38. The molecule has 2 heterocycles. The van der Waals surface area contributed by atoms with Crippen molar-refractivity contribution in [3.8, 4) is 11.3 Å². The van der Waals surface area contributed by atoms with E-state index in [0.717, 1.165) is 35.4 Å². The fraction of sp³-hybridized carbons (Fsp3) is 0.333. The first-order valence-electron chi connectivity index (χ1n) is 7.97. The van der Waals surface area contributed by atoms with Crippen molar-refractivity contribution in [2.24, 2.45) is 5.92 Å². The van der Waals surface area contributed by atoms with Crippen molar-refractivity contribution in [1.29, 1.82) is 0 Å². The second-order valence-electron chi connectivity index (χ2n) is 6.43. The number of imidazole rings is 1. The largest absolute Gasteiger partial charge is 0.396 e. The van der Waals surface area contributed by atoms with Gasteiger partial charge in [0.2, 0.25) is 0 Å². The van der Waals surface area contributed by atoms with Gasteiger partial charge in [-0.25, -0.2) is 9.97 Å². The molecule has 5 nitrogen and oxygen atoms in total. The maximum absolute atomic E-state index is 9.26. The molecule has 1 fully saturated rings. The van der Waals surface area contributed by atoms with Crippen molar-refractivity contribution in [1.82, 2.24) is 14.4 Å². The molecule has 2 aromatic heterocycles. The lowest BCUT2D eigenvalue weighted by molar-refractivity contribution is 0.138. The number of aliphatic hydroxyl groups excluding tert-OH is 1. The average molecular weight is 308 g/mol. The summed E-state index contributed by atoms with van der Waals surface area (Å²) in [5.41, 5.74) is 10.2. The number of rotatable bonds is 3. The molecule has 23 heavy (non-hydrogen) atoms. The Labute approximate surface area is 134 Å². The molecular formula is C18H20N4O. The van der Waals surface area contributed by atoms with Gasteiger partial charge in [-0.05, 0) is 25.7 Å². The van der Waals surface area contributed by atoms with Gasteiger partial charge in [-0.1, -0.05) is 29.8 Å². The molecule has 0 unspecified atom stereocenters. The number of hydrogen-bond donors (Lipinski definition) is 2. The minimum absolute atomic E-state index is 0.258. The van der Waals surface area contributed by atoms with Crippen molar-refractivity contribution in [3.63, 3.8) is 0 Å². The maximum atomic E-state index is 9.26. The lowest BCUT2D eigenvalue weighted by Crippen LogP contribution is -2.26. The Morgan fingerprint density at radius 2 is 2.00 bits per heavy atom. The third kappa shape index (κ3) is 2.28. The van der Waals surface area contributed by atoms with Gasteiger partial charge < -0.3 is 10.8 Å². The molecule has 0 radical (unpaired) electrons. The number of aromatic nitrogens is 3. The van der Waals surface area contributed by atoms with Crippen LogP contribution in [0.4, 0.5) is 5.82 Å². The maximum Gasteiger partial charge on any atom is 0.150 e. The highest BCUT2D eigenvalue weighted by Crippen LogP contribution is 2.42. The number of anilines is 1. The highest BCUT2D eigenvalue weighted by molar-refractivity contribution is 5.85. The van der Waals surface area contributed by atoms with E-state index in [1.165, 1.54) is 5.56 Å². The number of hydrogen-bond acceptors (Lipinski definition) is 4. The number of aliphatic hydroxyl groups is 1. The summed E-state index contributed by atoms with van der Waals surface area (Å²) in [6.07, 6.45) is 5.60. The number of fused-ring (bicyclic) bond motifs is 1. The van der Waals surface area contributed by atoms with Crippen LogP contribution in [-0.2, 0) is 0 Å². The van der Waals surface area contributed by atoms with Gasteiger partial charge >= 0.3 is 0 Å². The molecule has 0 aliphatic heterocycles. The van der Waals surface area contributed by atoms with Gasteiger partial charge in [0.25, 0.3) is 0 Å². The van der Waals surface area contributed by atoms with E-state index in [4.69, 9.17) is 10.7 Å². The third-order valence-electron chi connectivity index (χ3n) is 4.79. The molecule has 3 aromatic rings. The monoisotopic (exact) mass is 308 g/mol. The first-order valence-corrected chi connectivity index (χ1v) is 7.97. The molecule has 5 heteroatoms. The molecule has 0 amide bonds. The Kier molecular flexibility index (Phi) is 3.31. The fourth-order valence-electron chi connectivity index (χ4n) is 3.38. The van der Waals surface area contributed by atoms with Crippen LogP contribution in [-0.4, -0.2) is 26.1 Å². The summed E-state index contributed by atoms with van der Waals surface area (Å²) in [5.74, 6) is 2.30. The van der Waals surface area contributed by atoms with E-state index in [0.29, 0.717) is 17.7 Å². The second-order valence-corrected chi connectivity index (χ2v) is 6.43. The van der Waals surface area contributed by atoms with Crippen molar-refractivity contribution in [2.75, 3.05) is 12.3 Å². The molecule has 1 aromatic carbocycles. The molecule has 0 saturated heterocycles. The Hall–Kier alpha value is -2.40. The van der Waals surface area contributed by atoms with Gasteiger partial charge in [0.1, 0.15) is 22.9 Å². The van der Waals surface area contributed by atoms with E-state index in [2.05, 4.69) is 40.6 Å². The first-order chi connectivity index (χ1) is 11.2. The Bertz CT molecular complexity index is 847. The van der Waals surface area contributed by atoms with Gasteiger partial charge in [-0.3, -0.25) is 4.40 Å². The summed E-state index contributed by atoms with van der Waals surface area (Å²) in [6, 6.07) is 8.31.